The number of hydrogen-bond donors (Lipinski definition) is 3. The minimum absolute atomic E-state index is 0.0633. The van der Waals surface area contributed by atoms with E-state index in [-0.39, 0.29) is 18.0 Å². The van der Waals surface area contributed by atoms with E-state index in [0.29, 0.717) is 18.9 Å². The van der Waals surface area contributed by atoms with Gasteiger partial charge < -0.3 is 16.0 Å². The molecule has 0 spiro atoms. The summed E-state index contributed by atoms with van der Waals surface area (Å²) in [6, 6.07) is 10.6. The predicted octanol–water partition coefficient (Wildman–Crippen LogP) is 2.22. The third-order valence-corrected chi connectivity index (χ3v) is 3.54. The van der Waals surface area contributed by atoms with Crippen LogP contribution in [0.1, 0.15) is 45.2 Å². The highest BCUT2D eigenvalue weighted by Crippen LogP contribution is 2.10. The van der Waals surface area contributed by atoms with Gasteiger partial charge in [-0.05, 0) is 25.8 Å². The molecule has 22 heavy (non-hydrogen) atoms. The molecular formula is C17H28N4O. The average Bonchev–Trinajstić information content (AvgIpc) is 2.54. The van der Waals surface area contributed by atoms with Crippen molar-refractivity contribution < 1.29 is 4.79 Å². The van der Waals surface area contributed by atoms with E-state index < -0.39 is 0 Å². The number of rotatable bonds is 7. The van der Waals surface area contributed by atoms with Crippen molar-refractivity contribution in [1.82, 2.24) is 16.0 Å². The largest absolute Gasteiger partial charge is 0.356 e. The lowest BCUT2D eigenvalue weighted by Crippen LogP contribution is -2.41. The Morgan fingerprint density at radius 3 is 2.45 bits per heavy atom. The molecule has 1 aromatic rings. The van der Waals surface area contributed by atoms with Crippen LogP contribution in [0.15, 0.2) is 35.3 Å². The monoisotopic (exact) mass is 304 g/mol. The first-order valence-corrected chi connectivity index (χ1v) is 7.88. The van der Waals surface area contributed by atoms with Crippen LogP contribution >= 0.6 is 0 Å². The quantitative estimate of drug-likeness (QED) is 0.534. The molecule has 1 aromatic carbocycles. The molecule has 0 aliphatic rings. The summed E-state index contributed by atoms with van der Waals surface area (Å²) in [6.07, 6.45) is 1.38. The second kappa shape index (κ2) is 9.82. The van der Waals surface area contributed by atoms with Gasteiger partial charge in [-0.1, -0.05) is 37.3 Å². The van der Waals surface area contributed by atoms with E-state index in [2.05, 4.69) is 46.9 Å². The molecule has 0 saturated carbocycles. The number of nitrogens with zero attached hydrogens (tertiary/aromatic N) is 1. The third kappa shape index (κ3) is 6.61. The summed E-state index contributed by atoms with van der Waals surface area (Å²) in [7, 11) is 1.73. The number of amides is 1. The molecule has 0 aliphatic carbocycles. The number of nitrogens with one attached hydrogen (secondary N) is 3. The van der Waals surface area contributed by atoms with Gasteiger partial charge in [0.25, 0.3) is 0 Å². The summed E-state index contributed by atoms with van der Waals surface area (Å²) in [4.78, 5) is 15.9. The van der Waals surface area contributed by atoms with Crippen molar-refractivity contribution in [2.75, 3.05) is 13.6 Å². The molecule has 2 atom stereocenters. The van der Waals surface area contributed by atoms with E-state index in [9.17, 15) is 4.79 Å². The Balaban J connectivity index is 2.35. The molecule has 0 aliphatic heterocycles. The van der Waals surface area contributed by atoms with Gasteiger partial charge in [0.05, 0.1) is 6.04 Å². The summed E-state index contributed by atoms with van der Waals surface area (Å²) in [5, 5.41) is 9.43. The fourth-order valence-electron chi connectivity index (χ4n) is 1.97. The van der Waals surface area contributed by atoms with Crippen LogP contribution in [0.5, 0.6) is 0 Å². The Kier molecular flexibility index (Phi) is 8.04. The first-order valence-electron chi connectivity index (χ1n) is 7.88. The molecule has 3 N–H and O–H groups in total. The fraction of sp³-hybridized carbons (Fsp3) is 0.529. The molecule has 5 heteroatoms. The SMILES string of the molecule is CCC(C)NC(=O)CCNC(=NC)NC(C)c1ccccc1. The topological polar surface area (TPSA) is 65.5 Å². The van der Waals surface area contributed by atoms with Gasteiger partial charge in [0.1, 0.15) is 0 Å². The zero-order chi connectivity index (χ0) is 16.4. The molecular weight excluding hydrogens is 276 g/mol. The highest BCUT2D eigenvalue weighted by Gasteiger charge is 2.08. The van der Waals surface area contributed by atoms with Gasteiger partial charge in [-0.15, -0.1) is 0 Å². The maximum absolute atomic E-state index is 11.7. The van der Waals surface area contributed by atoms with Crippen LogP contribution in [0.3, 0.4) is 0 Å². The van der Waals surface area contributed by atoms with Gasteiger partial charge in [0.15, 0.2) is 5.96 Å². The second-order valence-electron chi connectivity index (χ2n) is 5.40. The van der Waals surface area contributed by atoms with Crippen LogP contribution in [0.4, 0.5) is 0 Å². The molecule has 0 heterocycles. The first-order chi connectivity index (χ1) is 10.6. The number of aliphatic imine (C=N–C) groups is 1. The average molecular weight is 304 g/mol. The smallest absolute Gasteiger partial charge is 0.221 e. The molecule has 122 valence electrons. The normalized spacial score (nSPS) is 14.1. The number of hydrogen-bond acceptors (Lipinski definition) is 2. The van der Waals surface area contributed by atoms with Gasteiger partial charge in [0, 0.05) is 26.1 Å². The number of guanidine groups is 1. The standard InChI is InChI=1S/C17H28N4O/c1-5-13(2)20-16(22)11-12-19-17(18-4)21-14(3)15-9-7-6-8-10-15/h6-10,13-14H,5,11-12H2,1-4H3,(H,20,22)(H2,18,19,21). The van der Waals surface area contributed by atoms with Crippen LogP contribution in [0.25, 0.3) is 0 Å². The van der Waals surface area contributed by atoms with E-state index in [4.69, 9.17) is 0 Å². The van der Waals surface area contributed by atoms with Crippen molar-refractivity contribution in [3.8, 4) is 0 Å². The van der Waals surface area contributed by atoms with Crippen LogP contribution in [0.2, 0.25) is 0 Å². The Morgan fingerprint density at radius 1 is 1.18 bits per heavy atom. The summed E-state index contributed by atoms with van der Waals surface area (Å²) >= 11 is 0. The van der Waals surface area contributed by atoms with E-state index in [0.717, 1.165) is 6.42 Å². The minimum atomic E-state index is 0.0633. The van der Waals surface area contributed by atoms with Gasteiger partial charge in [-0.2, -0.15) is 0 Å². The Labute approximate surface area is 133 Å². The molecule has 1 amide bonds. The van der Waals surface area contributed by atoms with Crippen LogP contribution < -0.4 is 16.0 Å². The van der Waals surface area contributed by atoms with Crippen LogP contribution in [-0.4, -0.2) is 31.5 Å². The molecule has 2 unspecified atom stereocenters. The molecule has 0 aromatic heterocycles. The Bertz CT molecular complexity index is 473. The maximum atomic E-state index is 11.7. The van der Waals surface area contributed by atoms with Gasteiger partial charge >= 0.3 is 0 Å². The lowest BCUT2D eigenvalue weighted by molar-refractivity contribution is -0.121. The zero-order valence-corrected chi connectivity index (χ0v) is 14.0. The zero-order valence-electron chi connectivity index (χ0n) is 14.0. The van der Waals surface area contributed by atoms with E-state index in [1.165, 1.54) is 5.56 Å². The summed E-state index contributed by atoms with van der Waals surface area (Å²) in [5.74, 6) is 0.765. The predicted molar refractivity (Wildman–Crippen MR) is 91.9 cm³/mol. The van der Waals surface area contributed by atoms with Crippen molar-refractivity contribution in [2.24, 2.45) is 4.99 Å². The number of carbonyl (C=O) groups excluding carboxylic acids is 1. The van der Waals surface area contributed by atoms with Crippen LogP contribution in [0, 0.1) is 0 Å². The van der Waals surface area contributed by atoms with E-state index in [1.807, 2.05) is 25.1 Å². The van der Waals surface area contributed by atoms with E-state index in [1.54, 1.807) is 7.05 Å². The van der Waals surface area contributed by atoms with Crippen molar-refractivity contribution >= 4 is 11.9 Å². The molecule has 1 rings (SSSR count). The minimum Gasteiger partial charge on any atom is -0.356 e. The third-order valence-electron chi connectivity index (χ3n) is 3.54. The second-order valence-corrected chi connectivity index (χ2v) is 5.40. The first kappa shape index (κ1) is 18.0. The maximum Gasteiger partial charge on any atom is 0.221 e. The lowest BCUT2D eigenvalue weighted by Gasteiger charge is -2.18. The highest BCUT2D eigenvalue weighted by atomic mass is 16.1. The molecule has 0 radical (unpaired) electrons. The fourth-order valence-corrected chi connectivity index (χ4v) is 1.97. The molecule has 0 saturated heterocycles. The molecule has 0 fully saturated rings. The van der Waals surface area contributed by atoms with Crippen molar-refractivity contribution in [2.45, 2.75) is 45.7 Å². The Hall–Kier alpha value is -2.04. The number of benzene rings is 1. The van der Waals surface area contributed by atoms with E-state index >= 15 is 0 Å². The van der Waals surface area contributed by atoms with Crippen LogP contribution in [-0.2, 0) is 4.79 Å². The van der Waals surface area contributed by atoms with Gasteiger partial charge in [0.2, 0.25) is 5.91 Å². The van der Waals surface area contributed by atoms with Crippen molar-refractivity contribution in [3.05, 3.63) is 35.9 Å². The molecule has 5 nitrogen and oxygen atoms in total. The van der Waals surface area contributed by atoms with Gasteiger partial charge in [-0.3, -0.25) is 9.79 Å². The number of carbonyl (C=O) groups is 1. The summed E-state index contributed by atoms with van der Waals surface area (Å²) in [6.45, 7) is 6.70. The van der Waals surface area contributed by atoms with Crippen molar-refractivity contribution in [1.29, 1.82) is 0 Å². The lowest BCUT2D eigenvalue weighted by atomic mass is 10.1. The Morgan fingerprint density at radius 2 is 1.86 bits per heavy atom. The molecule has 0 bridgehead atoms. The van der Waals surface area contributed by atoms with Crippen molar-refractivity contribution in [3.63, 3.8) is 0 Å². The summed E-state index contributed by atoms with van der Waals surface area (Å²) in [5.41, 5.74) is 1.19. The highest BCUT2D eigenvalue weighted by molar-refractivity contribution is 5.81. The van der Waals surface area contributed by atoms with Gasteiger partial charge in [-0.25, -0.2) is 0 Å². The summed E-state index contributed by atoms with van der Waals surface area (Å²) < 4.78 is 0.